The minimum atomic E-state index is -1.31. The molecule has 1 aromatic carbocycles. The van der Waals surface area contributed by atoms with Gasteiger partial charge in [-0.2, -0.15) is 5.26 Å². The van der Waals surface area contributed by atoms with Gasteiger partial charge < -0.3 is 20.1 Å². The molecule has 0 radical (unpaired) electrons. The molecule has 142 valence electrons. The van der Waals surface area contributed by atoms with Crippen LogP contribution in [0.4, 0.5) is 4.79 Å². The maximum absolute atomic E-state index is 12.9. The number of nitrogens with zero attached hydrogens (tertiary/aromatic N) is 2. The molecule has 3 rings (SSSR count). The maximum Gasteiger partial charge on any atom is 0.325 e. The first kappa shape index (κ1) is 18.5. The Kier molecular flexibility index (Phi) is 5.16. The monoisotopic (exact) mass is 372 g/mol. The van der Waals surface area contributed by atoms with Gasteiger partial charge >= 0.3 is 6.03 Å². The Labute approximate surface area is 156 Å². The van der Waals surface area contributed by atoms with Gasteiger partial charge in [-0.1, -0.05) is 6.07 Å². The quantitative estimate of drug-likeness (QED) is 0.578. The molecular formula is C18H20N4O5. The minimum Gasteiger partial charge on any atom is -0.490 e. The Bertz CT molecular complexity index is 818. The lowest BCUT2D eigenvalue weighted by Crippen LogP contribution is -2.43. The zero-order valence-corrected chi connectivity index (χ0v) is 14.9. The van der Waals surface area contributed by atoms with Gasteiger partial charge in [-0.05, 0) is 24.6 Å². The van der Waals surface area contributed by atoms with E-state index in [9.17, 15) is 14.4 Å². The van der Waals surface area contributed by atoms with E-state index in [0.717, 1.165) is 11.3 Å². The molecule has 1 aromatic rings. The minimum absolute atomic E-state index is 0.154. The van der Waals surface area contributed by atoms with Gasteiger partial charge in [0, 0.05) is 13.0 Å². The molecule has 0 aliphatic carbocycles. The number of hydrogen-bond donors (Lipinski definition) is 2. The highest BCUT2D eigenvalue weighted by Gasteiger charge is 2.49. The molecule has 9 nitrogen and oxygen atoms in total. The van der Waals surface area contributed by atoms with Gasteiger partial charge in [0.15, 0.2) is 11.5 Å². The highest BCUT2D eigenvalue weighted by molar-refractivity contribution is 6.09. The smallest absolute Gasteiger partial charge is 0.325 e. The second-order valence-electron chi connectivity index (χ2n) is 6.42. The van der Waals surface area contributed by atoms with Crippen LogP contribution < -0.4 is 20.1 Å². The number of ether oxygens (including phenoxy) is 2. The molecule has 2 heterocycles. The third-order valence-corrected chi connectivity index (χ3v) is 4.46. The number of amides is 4. The van der Waals surface area contributed by atoms with E-state index in [1.807, 2.05) is 6.07 Å². The van der Waals surface area contributed by atoms with Crippen LogP contribution in [0.1, 0.15) is 25.3 Å². The number of nitrogens with one attached hydrogen (secondary N) is 2. The third-order valence-electron chi connectivity index (χ3n) is 4.46. The van der Waals surface area contributed by atoms with Crippen molar-refractivity contribution in [2.24, 2.45) is 0 Å². The van der Waals surface area contributed by atoms with Crippen molar-refractivity contribution in [2.45, 2.75) is 25.3 Å². The van der Waals surface area contributed by atoms with Crippen LogP contribution in [0, 0.1) is 11.3 Å². The summed E-state index contributed by atoms with van der Waals surface area (Å²) in [7, 11) is 0. The van der Waals surface area contributed by atoms with Crippen molar-refractivity contribution in [3.8, 4) is 17.6 Å². The third kappa shape index (κ3) is 3.65. The molecule has 0 unspecified atom stereocenters. The van der Waals surface area contributed by atoms with E-state index in [2.05, 4.69) is 10.6 Å². The van der Waals surface area contributed by atoms with Crippen LogP contribution in [0.5, 0.6) is 11.5 Å². The fourth-order valence-corrected chi connectivity index (χ4v) is 2.97. The summed E-state index contributed by atoms with van der Waals surface area (Å²) in [6, 6.07) is 6.33. The Morgan fingerprint density at radius 2 is 2.07 bits per heavy atom. The van der Waals surface area contributed by atoms with Crippen LogP contribution in [0.2, 0.25) is 0 Å². The molecule has 0 aromatic heterocycles. The molecule has 9 heteroatoms. The zero-order valence-electron chi connectivity index (χ0n) is 14.9. The van der Waals surface area contributed by atoms with Crippen molar-refractivity contribution in [1.29, 1.82) is 5.26 Å². The van der Waals surface area contributed by atoms with Gasteiger partial charge in [-0.25, -0.2) is 4.79 Å². The van der Waals surface area contributed by atoms with Crippen LogP contribution in [-0.2, 0) is 15.1 Å². The fraction of sp³-hybridized carbons (Fsp3) is 0.444. The van der Waals surface area contributed by atoms with Gasteiger partial charge in [0.25, 0.3) is 5.91 Å². The molecule has 27 heavy (non-hydrogen) atoms. The first-order valence-corrected chi connectivity index (χ1v) is 8.63. The van der Waals surface area contributed by atoms with Crippen molar-refractivity contribution in [2.75, 3.05) is 26.3 Å². The second-order valence-corrected chi connectivity index (χ2v) is 6.42. The van der Waals surface area contributed by atoms with E-state index >= 15 is 0 Å². The molecule has 0 spiro atoms. The molecular weight excluding hydrogens is 352 g/mol. The summed E-state index contributed by atoms with van der Waals surface area (Å²) < 4.78 is 11.2. The number of carbonyl (C=O) groups excluding carboxylic acids is 3. The number of imide groups is 1. The predicted molar refractivity (Wildman–Crippen MR) is 92.9 cm³/mol. The molecule has 1 saturated heterocycles. The number of hydrogen-bond acceptors (Lipinski definition) is 6. The molecule has 1 fully saturated rings. The first-order chi connectivity index (χ1) is 13.0. The van der Waals surface area contributed by atoms with E-state index in [-0.39, 0.29) is 13.0 Å². The summed E-state index contributed by atoms with van der Waals surface area (Å²) >= 11 is 0. The van der Waals surface area contributed by atoms with Gasteiger partial charge in [0.2, 0.25) is 5.91 Å². The number of benzene rings is 1. The zero-order chi connectivity index (χ0) is 19.4. The normalized spacial score (nSPS) is 21.3. The lowest BCUT2D eigenvalue weighted by atomic mass is 9.91. The van der Waals surface area contributed by atoms with E-state index < -0.39 is 29.9 Å². The highest BCUT2D eigenvalue weighted by Crippen LogP contribution is 2.36. The average Bonchev–Trinajstić information content (AvgIpc) is 2.83. The second kappa shape index (κ2) is 7.53. The van der Waals surface area contributed by atoms with E-state index in [4.69, 9.17) is 14.7 Å². The van der Waals surface area contributed by atoms with Gasteiger partial charge in [-0.3, -0.25) is 14.5 Å². The van der Waals surface area contributed by atoms with E-state index in [1.165, 1.54) is 0 Å². The number of fused-ring (bicyclic) bond motifs is 1. The summed E-state index contributed by atoms with van der Waals surface area (Å²) in [5.41, 5.74) is -0.771. The summed E-state index contributed by atoms with van der Waals surface area (Å²) in [6.07, 6.45) is 0.909. The lowest BCUT2D eigenvalue weighted by molar-refractivity contribution is -0.134. The van der Waals surface area contributed by atoms with E-state index in [1.54, 1.807) is 25.1 Å². The summed E-state index contributed by atoms with van der Waals surface area (Å²) in [5.74, 6) is 0.0698. The van der Waals surface area contributed by atoms with Crippen LogP contribution in [0.25, 0.3) is 0 Å². The summed E-state index contributed by atoms with van der Waals surface area (Å²) in [5, 5.41) is 13.6. The van der Waals surface area contributed by atoms with Crippen molar-refractivity contribution in [3.05, 3.63) is 23.8 Å². The Morgan fingerprint density at radius 3 is 2.81 bits per heavy atom. The Morgan fingerprint density at radius 1 is 1.33 bits per heavy atom. The van der Waals surface area contributed by atoms with Crippen molar-refractivity contribution < 1.29 is 23.9 Å². The number of nitriles is 1. The molecule has 2 aliphatic rings. The molecule has 1 atom stereocenters. The molecule has 0 saturated carbocycles. The predicted octanol–water partition coefficient (Wildman–Crippen LogP) is 0.645. The number of urea groups is 1. The largest absolute Gasteiger partial charge is 0.490 e. The Balaban J connectivity index is 1.77. The van der Waals surface area contributed by atoms with E-state index in [0.29, 0.717) is 30.3 Å². The maximum atomic E-state index is 12.9. The highest BCUT2D eigenvalue weighted by atomic mass is 16.5. The lowest BCUT2D eigenvalue weighted by Gasteiger charge is -2.23. The van der Waals surface area contributed by atoms with Crippen LogP contribution in [-0.4, -0.2) is 49.0 Å². The van der Waals surface area contributed by atoms with Crippen LogP contribution in [0.15, 0.2) is 18.2 Å². The number of rotatable bonds is 5. The standard InChI is InChI=1S/C18H20N4O5/c1-18(12-4-5-13-14(10-12)27-9-3-8-26-13)16(24)22(17(25)21-18)11-15(23)20-7-2-6-19/h4-5,10H,2-3,7-9,11H2,1H3,(H,20,23)(H,21,25)/t18-/m1/s1. The summed E-state index contributed by atoms with van der Waals surface area (Å²) in [6.45, 7) is 2.39. The summed E-state index contributed by atoms with van der Waals surface area (Å²) in [4.78, 5) is 37.9. The number of carbonyl (C=O) groups is 3. The van der Waals surface area contributed by atoms with Gasteiger partial charge in [-0.15, -0.1) is 0 Å². The molecule has 4 amide bonds. The molecule has 2 aliphatic heterocycles. The molecule has 0 bridgehead atoms. The first-order valence-electron chi connectivity index (χ1n) is 8.63. The Hall–Kier alpha value is -3.28. The topological polar surface area (TPSA) is 121 Å². The van der Waals surface area contributed by atoms with Crippen molar-refractivity contribution >= 4 is 17.8 Å². The average molecular weight is 372 g/mol. The SMILES string of the molecule is C[C@]1(c2ccc3c(c2)OCCCO3)NC(=O)N(CC(=O)NCCC#N)C1=O. The van der Waals surface area contributed by atoms with Gasteiger partial charge in [0.1, 0.15) is 12.1 Å². The van der Waals surface area contributed by atoms with Crippen molar-refractivity contribution in [3.63, 3.8) is 0 Å². The molecule has 2 N–H and O–H groups in total. The fourth-order valence-electron chi connectivity index (χ4n) is 2.97. The van der Waals surface area contributed by atoms with Crippen molar-refractivity contribution in [1.82, 2.24) is 15.5 Å². The van der Waals surface area contributed by atoms with Crippen LogP contribution in [0.3, 0.4) is 0 Å². The van der Waals surface area contributed by atoms with Crippen LogP contribution >= 0.6 is 0 Å². The van der Waals surface area contributed by atoms with Gasteiger partial charge in [0.05, 0.1) is 25.7 Å².